The van der Waals surface area contributed by atoms with Crippen LogP contribution in [0.25, 0.3) is 0 Å². The fourth-order valence-corrected chi connectivity index (χ4v) is 1.08. The molecule has 0 spiro atoms. The third-order valence-electron chi connectivity index (χ3n) is 1.42. The monoisotopic (exact) mass is 263 g/mol. The molecule has 0 fully saturated rings. The van der Waals surface area contributed by atoms with Crippen molar-refractivity contribution < 1.29 is 3.07 Å². The highest BCUT2D eigenvalue weighted by Crippen LogP contribution is 2.20. The molecule has 0 atom stereocenters. The van der Waals surface area contributed by atoms with Gasteiger partial charge in [0.2, 0.25) is 0 Å². The van der Waals surface area contributed by atoms with E-state index in [4.69, 9.17) is 3.07 Å². The summed E-state index contributed by atoms with van der Waals surface area (Å²) in [5, 5.41) is 0. The largest absolute Gasteiger partial charge is 0.428 e. The zero-order valence-electron chi connectivity index (χ0n) is 6.54. The summed E-state index contributed by atoms with van der Waals surface area (Å²) < 4.78 is 5.05. The Balaban J connectivity index is 2.91. The van der Waals surface area contributed by atoms with Crippen LogP contribution in [0.3, 0.4) is 0 Å². The standard InChI is InChI=1S/C8H10INO/c1-10(2)7-4-3-5-8(6-7)11-9/h3-6H,1-2H3. The van der Waals surface area contributed by atoms with E-state index >= 15 is 0 Å². The fourth-order valence-electron chi connectivity index (χ4n) is 0.810. The molecule has 0 radical (unpaired) electrons. The van der Waals surface area contributed by atoms with E-state index in [1.807, 2.05) is 66.3 Å². The number of benzene rings is 1. The van der Waals surface area contributed by atoms with Crippen LogP contribution in [-0.4, -0.2) is 14.1 Å². The smallest absolute Gasteiger partial charge is 0.192 e. The summed E-state index contributed by atoms with van der Waals surface area (Å²) in [6, 6.07) is 7.94. The van der Waals surface area contributed by atoms with Gasteiger partial charge in [-0.05, 0) is 12.1 Å². The number of nitrogens with zero attached hydrogens (tertiary/aromatic N) is 1. The van der Waals surface area contributed by atoms with Crippen molar-refractivity contribution in [1.29, 1.82) is 0 Å². The Morgan fingerprint density at radius 3 is 2.64 bits per heavy atom. The van der Waals surface area contributed by atoms with Crippen molar-refractivity contribution >= 4 is 28.7 Å². The number of hydrogen-bond acceptors (Lipinski definition) is 2. The van der Waals surface area contributed by atoms with Gasteiger partial charge in [0.1, 0.15) is 5.75 Å². The summed E-state index contributed by atoms with van der Waals surface area (Å²) in [7, 11) is 4.01. The van der Waals surface area contributed by atoms with Crippen molar-refractivity contribution in [3.63, 3.8) is 0 Å². The number of anilines is 1. The van der Waals surface area contributed by atoms with Crippen molar-refractivity contribution in [3.05, 3.63) is 24.3 Å². The maximum absolute atomic E-state index is 5.05. The van der Waals surface area contributed by atoms with Gasteiger partial charge in [-0.15, -0.1) is 0 Å². The summed E-state index contributed by atoms with van der Waals surface area (Å²) >= 11 is 1.87. The van der Waals surface area contributed by atoms with E-state index in [0.717, 1.165) is 11.4 Å². The Labute approximate surface area is 80.8 Å². The Morgan fingerprint density at radius 1 is 1.36 bits per heavy atom. The quantitative estimate of drug-likeness (QED) is 0.760. The van der Waals surface area contributed by atoms with Crippen LogP contribution in [-0.2, 0) is 0 Å². The van der Waals surface area contributed by atoms with Crippen LogP contribution in [0.15, 0.2) is 24.3 Å². The van der Waals surface area contributed by atoms with Gasteiger partial charge in [0, 0.05) is 25.8 Å². The molecule has 1 aromatic rings. The molecule has 0 saturated carbocycles. The molecule has 0 aliphatic rings. The first kappa shape index (κ1) is 8.64. The van der Waals surface area contributed by atoms with Crippen molar-refractivity contribution in [3.8, 4) is 5.75 Å². The summed E-state index contributed by atoms with van der Waals surface area (Å²) in [6.45, 7) is 0. The first-order valence-electron chi connectivity index (χ1n) is 3.30. The van der Waals surface area contributed by atoms with Gasteiger partial charge in [0.15, 0.2) is 23.0 Å². The van der Waals surface area contributed by atoms with Gasteiger partial charge in [0.05, 0.1) is 0 Å². The normalized spacial score (nSPS) is 9.36. The molecule has 0 bridgehead atoms. The first-order chi connectivity index (χ1) is 5.24. The van der Waals surface area contributed by atoms with Crippen LogP contribution in [0.2, 0.25) is 0 Å². The topological polar surface area (TPSA) is 12.5 Å². The molecule has 3 heteroatoms. The molecule has 1 aromatic carbocycles. The first-order valence-corrected chi connectivity index (χ1v) is 4.18. The van der Waals surface area contributed by atoms with E-state index in [1.54, 1.807) is 0 Å². The zero-order valence-corrected chi connectivity index (χ0v) is 8.70. The average Bonchev–Trinajstić information content (AvgIpc) is 2.05. The van der Waals surface area contributed by atoms with Gasteiger partial charge in [-0.25, -0.2) is 0 Å². The molecule has 0 aliphatic carbocycles. The molecule has 0 unspecified atom stereocenters. The molecule has 0 saturated heterocycles. The van der Waals surface area contributed by atoms with Gasteiger partial charge in [0.25, 0.3) is 0 Å². The minimum absolute atomic E-state index is 0.886. The number of hydrogen-bond donors (Lipinski definition) is 0. The predicted octanol–water partition coefficient (Wildman–Crippen LogP) is 2.48. The molecule has 0 heterocycles. The van der Waals surface area contributed by atoms with E-state index in [1.165, 1.54) is 0 Å². The Kier molecular flexibility index (Phi) is 2.99. The highest BCUT2D eigenvalue weighted by atomic mass is 127. The maximum Gasteiger partial charge on any atom is 0.192 e. The Hall–Kier alpha value is -0.450. The van der Waals surface area contributed by atoms with Crippen LogP contribution in [0, 0.1) is 0 Å². The molecule has 11 heavy (non-hydrogen) atoms. The van der Waals surface area contributed by atoms with Crippen molar-refractivity contribution in [2.45, 2.75) is 0 Å². The summed E-state index contributed by atoms with van der Waals surface area (Å²) in [5.41, 5.74) is 1.15. The van der Waals surface area contributed by atoms with Crippen molar-refractivity contribution in [2.75, 3.05) is 19.0 Å². The molecule has 2 nitrogen and oxygen atoms in total. The SMILES string of the molecule is CN(C)c1cccc(OI)c1. The van der Waals surface area contributed by atoms with E-state index in [2.05, 4.69) is 0 Å². The minimum atomic E-state index is 0.886. The van der Waals surface area contributed by atoms with Crippen LogP contribution < -0.4 is 7.97 Å². The van der Waals surface area contributed by atoms with Crippen LogP contribution in [0.4, 0.5) is 5.69 Å². The lowest BCUT2D eigenvalue weighted by molar-refractivity contribution is 0.716. The van der Waals surface area contributed by atoms with Crippen LogP contribution in [0.1, 0.15) is 0 Å². The third kappa shape index (κ3) is 2.25. The number of rotatable bonds is 2. The summed E-state index contributed by atoms with van der Waals surface area (Å²) in [6.07, 6.45) is 0. The van der Waals surface area contributed by atoms with Crippen LogP contribution in [0.5, 0.6) is 5.75 Å². The van der Waals surface area contributed by atoms with Gasteiger partial charge >= 0.3 is 0 Å². The van der Waals surface area contributed by atoms with E-state index in [-0.39, 0.29) is 0 Å². The second-order valence-electron chi connectivity index (χ2n) is 2.47. The molecule has 60 valence electrons. The molecule has 0 aliphatic heterocycles. The van der Waals surface area contributed by atoms with Crippen molar-refractivity contribution in [1.82, 2.24) is 0 Å². The minimum Gasteiger partial charge on any atom is -0.428 e. The van der Waals surface area contributed by atoms with E-state index in [0.29, 0.717) is 0 Å². The van der Waals surface area contributed by atoms with Gasteiger partial charge in [-0.2, -0.15) is 0 Å². The lowest BCUT2D eigenvalue weighted by Crippen LogP contribution is -2.07. The third-order valence-corrected chi connectivity index (χ3v) is 1.93. The van der Waals surface area contributed by atoms with E-state index in [9.17, 15) is 0 Å². The van der Waals surface area contributed by atoms with Gasteiger partial charge in [-0.3, -0.25) is 0 Å². The molecule has 0 amide bonds. The fraction of sp³-hybridized carbons (Fsp3) is 0.250. The zero-order chi connectivity index (χ0) is 8.27. The van der Waals surface area contributed by atoms with Crippen LogP contribution >= 0.6 is 23.0 Å². The average molecular weight is 263 g/mol. The maximum atomic E-state index is 5.05. The van der Waals surface area contributed by atoms with E-state index < -0.39 is 0 Å². The molecule has 0 N–H and O–H groups in total. The number of halogens is 1. The lowest BCUT2D eigenvalue weighted by Gasteiger charge is -2.12. The molecular weight excluding hydrogens is 253 g/mol. The summed E-state index contributed by atoms with van der Waals surface area (Å²) in [5.74, 6) is 0.886. The highest BCUT2D eigenvalue weighted by molar-refractivity contribution is 14.1. The predicted molar refractivity (Wildman–Crippen MR) is 55.4 cm³/mol. The molecular formula is C8H10INO. The molecule has 1 rings (SSSR count). The molecule has 0 aromatic heterocycles. The van der Waals surface area contributed by atoms with Crippen molar-refractivity contribution in [2.24, 2.45) is 0 Å². The Bertz CT molecular complexity index is 237. The summed E-state index contributed by atoms with van der Waals surface area (Å²) in [4.78, 5) is 2.04. The van der Waals surface area contributed by atoms with Gasteiger partial charge in [-0.1, -0.05) is 6.07 Å². The Morgan fingerprint density at radius 2 is 2.09 bits per heavy atom. The highest BCUT2D eigenvalue weighted by Gasteiger charge is 1.95. The lowest BCUT2D eigenvalue weighted by atomic mass is 10.3. The van der Waals surface area contributed by atoms with Gasteiger partial charge < -0.3 is 7.97 Å². The second-order valence-corrected chi connectivity index (χ2v) is 2.91. The second kappa shape index (κ2) is 3.80.